The Labute approximate surface area is 251 Å². The van der Waals surface area contributed by atoms with Gasteiger partial charge >= 0.3 is 15.1 Å². The van der Waals surface area contributed by atoms with Crippen molar-refractivity contribution in [3.63, 3.8) is 0 Å². The van der Waals surface area contributed by atoms with Crippen LogP contribution >= 0.6 is 26.4 Å². The molecular weight excluding hydrogens is 649 g/mol. The standard InChI is InChI=1S/C21H24FN10O9P2S/c1-44-43(35)37-3-8-13(33)15(21(38-8)32-7-30-12-17(24)26-5-28-19(12)32)40-42(34)36-2-9-14(41-43)10(22)20(39-9)31-6-29-11-16(23)25-4-27-18(11)31/h4-10,13-15,20-21,33H,2-3H2,1H3,(H2,23,25,27)(H2,24,26,28)/q+1/t8?,9-,10?,13+,14?,15+,20?,21-,43?/m1/s1. The second-order valence-electron chi connectivity index (χ2n) is 9.82. The molecule has 234 valence electrons. The van der Waals surface area contributed by atoms with Crippen LogP contribution in [0.1, 0.15) is 12.5 Å². The van der Waals surface area contributed by atoms with Gasteiger partial charge in [0.2, 0.25) is 0 Å². The molecule has 2 bridgehead atoms. The molecule has 19 nitrogen and oxygen atoms in total. The predicted octanol–water partition coefficient (Wildman–Crippen LogP) is 1.27. The number of fused-ring (bicyclic) bond motifs is 5. The average molecular weight is 673 g/mol. The van der Waals surface area contributed by atoms with Gasteiger partial charge in [-0.25, -0.2) is 38.9 Å². The maximum absolute atomic E-state index is 16.1. The Hall–Kier alpha value is -2.97. The SMILES string of the molecule is CSP1(=O)OCC2O[C@@H](n3cnc4c(N)ncnc43)[C@@H](O[P+](=O)OC[C@H]3OC(n4cnc5c(N)ncnc54)C(F)C3O1)[C@H]2O. The van der Waals surface area contributed by atoms with Gasteiger partial charge in [0.15, 0.2) is 47.7 Å². The highest BCUT2D eigenvalue weighted by molar-refractivity contribution is 8.54. The number of nitrogen functional groups attached to an aromatic ring is 2. The van der Waals surface area contributed by atoms with Crippen LogP contribution in [-0.4, -0.2) is 100 Å². The van der Waals surface area contributed by atoms with E-state index in [2.05, 4.69) is 29.9 Å². The van der Waals surface area contributed by atoms with Gasteiger partial charge in [0.05, 0.1) is 19.3 Å². The number of aliphatic hydroxyl groups excluding tert-OH is 1. The highest BCUT2D eigenvalue weighted by Crippen LogP contribution is 2.62. The molecule has 7 heterocycles. The quantitative estimate of drug-likeness (QED) is 0.259. The summed E-state index contributed by atoms with van der Waals surface area (Å²) < 4.78 is 80.0. The Morgan fingerprint density at radius 3 is 2.20 bits per heavy atom. The van der Waals surface area contributed by atoms with Crippen LogP contribution in [0.15, 0.2) is 25.3 Å². The third-order valence-corrected chi connectivity index (χ3v) is 11.4. The molecule has 3 aliphatic rings. The molecule has 5 N–H and O–H groups in total. The summed E-state index contributed by atoms with van der Waals surface area (Å²) in [6, 6.07) is 0. The fourth-order valence-corrected chi connectivity index (χ4v) is 8.13. The Morgan fingerprint density at radius 1 is 0.955 bits per heavy atom. The van der Waals surface area contributed by atoms with Gasteiger partial charge < -0.3 is 26.0 Å². The summed E-state index contributed by atoms with van der Waals surface area (Å²) in [6.45, 7) is -5.11. The molecule has 0 radical (unpaired) electrons. The van der Waals surface area contributed by atoms with Gasteiger partial charge in [-0.05, 0) is 17.6 Å². The third kappa shape index (κ3) is 5.02. The van der Waals surface area contributed by atoms with Gasteiger partial charge in [-0.3, -0.25) is 18.2 Å². The molecule has 6 unspecified atom stereocenters. The lowest BCUT2D eigenvalue weighted by Crippen LogP contribution is -2.34. The molecule has 4 aromatic rings. The first-order chi connectivity index (χ1) is 21.2. The van der Waals surface area contributed by atoms with Crippen molar-refractivity contribution in [2.75, 3.05) is 30.9 Å². The number of nitrogens with two attached hydrogens (primary N) is 2. The monoisotopic (exact) mass is 673 g/mol. The van der Waals surface area contributed by atoms with E-state index in [-0.39, 0.29) is 34.0 Å². The zero-order valence-electron chi connectivity index (χ0n) is 22.5. The van der Waals surface area contributed by atoms with Crippen LogP contribution in [0.4, 0.5) is 16.0 Å². The van der Waals surface area contributed by atoms with E-state index in [0.29, 0.717) is 11.4 Å². The van der Waals surface area contributed by atoms with Crippen LogP contribution in [0.25, 0.3) is 22.3 Å². The van der Waals surface area contributed by atoms with E-state index >= 15 is 4.39 Å². The molecule has 3 fully saturated rings. The van der Waals surface area contributed by atoms with E-state index in [1.54, 1.807) is 0 Å². The van der Waals surface area contributed by atoms with Crippen molar-refractivity contribution < 1.29 is 46.2 Å². The van der Waals surface area contributed by atoms with E-state index < -0.39 is 77.4 Å². The highest BCUT2D eigenvalue weighted by Gasteiger charge is 2.55. The Bertz CT molecular complexity index is 1780. The average Bonchev–Trinajstić information content (AvgIpc) is 3.77. The van der Waals surface area contributed by atoms with Crippen molar-refractivity contribution in [2.45, 2.75) is 49.1 Å². The number of ether oxygens (including phenoxy) is 2. The van der Waals surface area contributed by atoms with E-state index in [1.165, 1.54) is 40.7 Å². The molecule has 3 saturated heterocycles. The van der Waals surface area contributed by atoms with Gasteiger partial charge in [-0.15, -0.1) is 9.05 Å². The largest absolute Gasteiger partial charge is 0.698 e. The number of hydrogen-bond donors (Lipinski definition) is 3. The first kappa shape index (κ1) is 29.7. The van der Waals surface area contributed by atoms with Crippen LogP contribution in [0.2, 0.25) is 0 Å². The van der Waals surface area contributed by atoms with Crippen molar-refractivity contribution in [1.29, 1.82) is 0 Å². The van der Waals surface area contributed by atoms with Gasteiger partial charge in [0, 0.05) is 4.57 Å². The Morgan fingerprint density at radius 2 is 1.57 bits per heavy atom. The number of nitrogens with zero attached hydrogens (tertiary/aromatic N) is 8. The second kappa shape index (κ2) is 11.4. The highest BCUT2D eigenvalue weighted by atomic mass is 32.7. The summed E-state index contributed by atoms with van der Waals surface area (Å²) >= 11 is 0.708. The molecule has 44 heavy (non-hydrogen) atoms. The Kier molecular flexibility index (Phi) is 7.72. The number of imidazole rings is 2. The lowest BCUT2D eigenvalue weighted by atomic mass is 10.1. The smallest absolute Gasteiger partial charge is 0.387 e. The Balaban J connectivity index is 1.19. The summed E-state index contributed by atoms with van der Waals surface area (Å²) in [4.78, 5) is 24.4. The first-order valence-electron chi connectivity index (χ1n) is 12.9. The minimum absolute atomic E-state index is 0.0793. The van der Waals surface area contributed by atoms with E-state index in [4.69, 9.17) is 39.0 Å². The van der Waals surface area contributed by atoms with Gasteiger partial charge in [-0.1, -0.05) is 0 Å². The third-order valence-electron chi connectivity index (χ3n) is 7.33. The van der Waals surface area contributed by atoms with Gasteiger partial charge in [-0.2, -0.15) is 0 Å². The molecule has 0 saturated carbocycles. The first-order valence-corrected chi connectivity index (χ1v) is 17.4. The lowest BCUT2D eigenvalue weighted by molar-refractivity contribution is -0.0563. The minimum atomic E-state index is -4.12. The molecule has 0 aliphatic carbocycles. The number of hydrogen-bond acceptors (Lipinski definition) is 18. The summed E-state index contributed by atoms with van der Waals surface area (Å²) in [6.07, 6.45) is -4.66. The number of aromatic nitrogens is 8. The lowest BCUT2D eigenvalue weighted by Gasteiger charge is -2.25. The molecule has 10 atom stereocenters. The summed E-state index contributed by atoms with van der Waals surface area (Å²) in [5, 5.41) is 11.1. The fourth-order valence-electron chi connectivity index (χ4n) is 5.19. The number of rotatable bonds is 3. The van der Waals surface area contributed by atoms with Gasteiger partial charge in [0.25, 0.3) is 0 Å². The van der Waals surface area contributed by atoms with Crippen LogP contribution in [0.5, 0.6) is 0 Å². The van der Waals surface area contributed by atoms with E-state index in [0.717, 1.165) is 0 Å². The van der Waals surface area contributed by atoms with Crippen LogP contribution in [-0.2, 0) is 36.7 Å². The van der Waals surface area contributed by atoms with Crippen molar-refractivity contribution in [3.05, 3.63) is 25.3 Å². The van der Waals surface area contributed by atoms with Crippen molar-refractivity contribution in [2.24, 2.45) is 0 Å². The predicted molar refractivity (Wildman–Crippen MR) is 149 cm³/mol. The van der Waals surface area contributed by atoms with Crippen molar-refractivity contribution in [1.82, 2.24) is 39.0 Å². The normalized spacial score (nSPS) is 35.8. The summed E-state index contributed by atoms with van der Waals surface area (Å²) in [5.74, 6) is 0.185. The molecule has 23 heteroatoms. The maximum atomic E-state index is 16.1. The van der Waals surface area contributed by atoms with E-state index in [9.17, 15) is 14.2 Å². The molecule has 0 spiro atoms. The number of halogens is 1. The number of aliphatic hydroxyl groups is 1. The molecule has 0 aromatic carbocycles. The second-order valence-corrected chi connectivity index (χ2v) is 14.9. The summed E-state index contributed by atoms with van der Waals surface area (Å²) in [7, 11) is -2.96. The van der Waals surface area contributed by atoms with Crippen molar-refractivity contribution >= 4 is 60.4 Å². The van der Waals surface area contributed by atoms with Gasteiger partial charge in [0.1, 0.15) is 54.7 Å². The summed E-state index contributed by atoms with van der Waals surface area (Å²) in [5.41, 5.74) is 12.7. The van der Waals surface area contributed by atoms with Crippen LogP contribution < -0.4 is 11.5 Å². The number of alkyl halides is 1. The molecule has 0 amide bonds. The zero-order valence-corrected chi connectivity index (χ0v) is 25.1. The van der Waals surface area contributed by atoms with Crippen LogP contribution in [0, 0.1) is 0 Å². The van der Waals surface area contributed by atoms with Crippen LogP contribution in [0.3, 0.4) is 0 Å². The van der Waals surface area contributed by atoms with Crippen molar-refractivity contribution in [3.8, 4) is 0 Å². The zero-order chi connectivity index (χ0) is 30.7. The topological polar surface area (TPSA) is 249 Å². The fraction of sp³-hybridized carbons (Fsp3) is 0.524. The maximum Gasteiger partial charge on any atom is 0.698 e. The molecular formula is C21H24FN10O9P2S+. The minimum Gasteiger partial charge on any atom is -0.387 e. The molecule has 7 rings (SSSR count). The van der Waals surface area contributed by atoms with E-state index in [1.807, 2.05) is 0 Å². The molecule has 4 aromatic heterocycles. The number of anilines is 2. The molecule has 3 aliphatic heterocycles.